The van der Waals surface area contributed by atoms with E-state index in [1.165, 1.54) is 17.3 Å². The number of anilines is 1. The number of fused-ring (bicyclic) bond motifs is 1. The molecule has 0 aromatic heterocycles. The average Bonchev–Trinajstić information content (AvgIpc) is 2.81. The predicted molar refractivity (Wildman–Crippen MR) is 128 cm³/mol. The summed E-state index contributed by atoms with van der Waals surface area (Å²) in [5.41, 5.74) is 3.11. The molecule has 174 valence electrons. The molecule has 0 unspecified atom stereocenters. The summed E-state index contributed by atoms with van der Waals surface area (Å²) in [7, 11) is -3.60. The van der Waals surface area contributed by atoms with Gasteiger partial charge in [0, 0.05) is 31.9 Å². The molecule has 0 spiro atoms. The van der Waals surface area contributed by atoms with Gasteiger partial charge in [-0.25, -0.2) is 8.42 Å². The number of hydrogen-bond donors (Lipinski definition) is 1. The fourth-order valence-electron chi connectivity index (χ4n) is 4.44. The van der Waals surface area contributed by atoms with Crippen LogP contribution in [0.25, 0.3) is 6.08 Å². The predicted octanol–water partition coefficient (Wildman–Crippen LogP) is 4.07. The molecule has 0 aliphatic carbocycles. The Morgan fingerprint density at radius 1 is 1.06 bits per heavy atom. The maximum absolute atomic E-state index is 13.1. The van der Waals surface area contributed by atoms with Crippen molar-refractivity contribution in [3.05, 3.63) is 65.4 Å². The lowest BCUT2D eigenvalue weighted by molar-refractivity contribution is -0.129. The molecule has 0 radical (unpaired) electrons. The van der Waals surface area contributed by atoms with Crippen molar-refractivity contribution in [2.75, 3.05) is 18.4 Å². The zero-order valence-corrected chi connectivity index (χ0v) is 19.8. The summed E-state index contributed by atoms with van der Waals surface area (Å²) >= 11 is 0. The summed E-state index contributed by atoms with van der Waals surface area (Å²) in [6.07, 6.45) is 6.39. The van der Waals surface area contributed by atoms with E-state index in [4.69, 9.17) is 0 Å². The second-order valence-electron chi connectivity index (χ2n) is 8.58. The molecule has 2 aliphatic heterocycles. The highest BCUT2D eigenvalue weighted by atomic mass is 32.2. The summed E-state index contributed by atoms with van der Waals surface area (Å²) in [4.78, 5) is 27.0. The quantitative estimate of drug-likeness (QED) is 0.718. The van der Waals surface area contributed by atoms with Gasteiger partial charge in [-0.3, -0.25) is 9.59 Å². The summed E-state index contributed by atoms with van der Waals surface area (Å²) in [5, 5.41) is 2.88. The van der Waals surface area contributed by atoms with E-state index in [1.54, 1.807) is 23.2 Å². The van der Waals surface area contributed by atoms with Crippen LogP contribution in [0.5, 0.6) is 0 Å². The molecule has 33 heavy (non-hydrogen) atoms. The van der Waals surface area contributed by atoms with Crippen LogP contribution in [0.3, 0.4) is 0 Å². The van der Waals surface area contributed by atoms with E-state index < -0.39 is 16.1 Å². The number of nitrogens with zero attached hydrogens (tertiary/aromatic N) is 2. The zero-order valence-electron chi connectivity index (χ0n) is 19.0. The summed E-state index contributed by atoms with van der Waals surface area (Å²) in [6.45, 7) is 4.34. The highest BCUT2D eigenvalue weighted by molar-refractivity contribution is 7.89. The van der Waals surface area contributed by atoms with E-state index in [1.807, 2.05) is 37.3 Å². The lowest BCUT2D eigenvalue weighted by Gasteiger charge is -2.32. The van der Waals surface area contributed by atoms with Crippen LogP contribution in [0.15, 0.2) is 53.6 Å². The topological polar surface area (TPSA) is 86.8 Å². The summed E-state index contributed by atoms with van der Waals surface area (Å²) in [6, 6.07) is 12.1. The van der Waals surface area contributed by atoms with Gasteiger partial charge in [0.15, 0.2) is 0 Å². The maximum atomic E-state index is 13.1. The third-order valence-corrected chi connectivity index (χ3v) is 8.18. The van der Waals surface area contributed by atoms with Crippen LogP contribution >= 0.6 is 0 Å². The van der Waals surface area contributed by atoms with Gasteiger partial charge in [-0.1, -0.05) is 36.8 Å². The minimum absolute atomic E-state index is 0.0590. The molecule has 2 heterocycles. The van der Waals surface area contributed by atoms with Gasteiger partial charge in [-0.15, -0.1) is 0 Å². The highest BCUT2D eigenvalue weighted by Gasteiger charge is 2.29. The molecule has 2 amide bonds. The smallest absolute Gasteiger partial charge is 0.243 e. The van der Waals surface area contributed by atoms with Crippen molar-refractivity contribution in [3.8, 4) is 0 Å². The Labute approximate surface area is 195 Å². The Morgan fingerprint density at radius 2 is 1.79 bits per heavy atom. The van der Waals surface area contributed by atoms with Crippen LogP contribution in [0.1, 0.15) is 55.3 Å². The zero-order chi connectivity index (χ0) is 23.6. The Kier molecular flexibility index (Phi) is 6.67. The molecule has 2 aliphatic rings. The van der Waals surface area contributed by atoms with Crippen LogP contribution < -0.4 is 5.32 Å². The molecule has 4 rings (SSSR count). The lowest BCUT2D eigenvalue weighted by Crippen LogP contribution is -2.35. The van der Waals surface area contributed by atoms with Gasteiger partial charge in [0.2, 0.25) is 21.8 Å². The number of nitrogens with one attached hydrogen (secondary N) is 1. The highest BCUT2D eigenvalue weighted by Crippen LogP contribution is 2.33. The van der Waals surface area contributed by atoms with Gasteiger partial charge in [0.25, 0.3) is 0 Å². The van der Waals surface area contributed by atoms with Gasteiger partial charge in [-0.05, 0) is 54.7 Å². The Bertz CT molecular complexity index is 1200. The summed E-state index contributed by atoms with van der Waals surface area (Å²) in [5.74, 6) is -0.434. The fourth-order valence-corrected chi connectivity index (χ4v) is 5.98. The number of carbonyl (C=O) groups excluding carboxylic acids is 2. The number of aryl methyl sites for hydroxylation is 1. The van der Waals surface area contributed by atoms with Crippen LogP contribution in [-0.2, 0) is 19.6 Å². The Balaban J connectivity index is 1.55. The van der Waals surface area contributed by atoms with Crippen molar-refractivity contribution in [1.82, 2.24) is 9.21 Å². The second kappa shape index (κ2) is 9.49. The summed E-state index contributed by atoms with van der Waals surface area (Å²) < 4.78 is 27.7. The molecule has 0 saturated carbocycles. The van der Waals surface area contributed by atoms with Crippen LogP contribution in [0.2, 0.25) is 0 Å². The number of hydrogen-bond acceptors (Lipinski definition) is 4. The molecule has 1 saturated heterocycles. The van der Waals surface area contributed by atoms with E-state index in [2.05, 4.69) is 5.32 Å². The first-order valence-electron chi connectivity index (χ1n) is 11.2. The van der Waals surface area contributed by atoms with Crippen molar-refractivity contribution in [2.24, 2.45) is 0 Å². The number of sulfonamides is 1. The van der Waals surface area contributed by atoms with Gasteiger partial charge in [-0.2, -0.15) is 4.31 Å². The van der Waals surface area contributed by atoms with Crippen molar-refractivity contribution < 1.29 is 18.0 Å². The molecule has 7 nitrogen and oxygen atoms in total. The van der Waals surface area contributed by atoms with Gasteiger partial charge in [0.05, 0.1) is 17.4 Å². The third kappa shape index (κ3) is 4.86. The average molecular weight is 468 g/mol. The first-order chi connectivity index (χ1) is 15.8. The number of rotatable bonds is 5. The van der Waals surface area contributed by atoms with E-state index in [9.17, 15) is 18.0 Å². The molecular weight excluding hydrogens is 438 g/mol. The first-order valence-corrected chi connectivity index (χ1v) is 12.7. The van der Waals surface area contributed by atoms with E-state index in [0.29, 0.717) is 18.8 Å². The minimum Gasteiger partial charge on any atom is -0.326 e. The normalized spacial score (nSPS) is 18.6. The van der Waals surface area contributed by atoms with E-state index in [0.717, 1.165) is 36.0 Å². The molecule has 1 atom stereocenters. The van der Waals surface area contributed by atoms with Crippen molar-refractivity contribution in [3.63, 3.8) is 0 Å². The van der Waals surface area contributed by atoms with Crippen molar-refractivity contribution in [1.29, 1.82) is 0 Å². The minimum atomic E-state index is -3.60. The molecule has 0 bridgehead atoms. The lowest BCUT2D eigenvalue weighted by atomic mass is 9.93. The molecule has 8 heteroatoms. The molecular formula is C25H29N3O4S. The van der Waals surface area contributed by atoms with Gasteiger partial charge < -0.3 is 10.2 Å². The van der Waals surface area contributed by atoms with E-state index in [-0.39, 0.29) is 23.1 Å². The monoisotopic (exact) mass is 467 g/mol. The number of benzene rings is 2. The number of amides is 2. The molecule has 2 aromatic carbocycles. The molecule has 1 fully saturated rings. The van der Waals surface area contributed by atoms with Crippen LogP contribution in [-0.4, -0.2) is 42.5 Å². The Morgan fingerprint density at radius 3 is 2.52 bits per heavy atom. The second-order valence-corrected chi connectivity index (χ2v) is 10.5. The molecule has 1 N–H and O–H groups in total. The van der Waals surface area contributed by atoms with Crippen molar-refractivity contribution in [2.45, 2.75) is 50.5 Å². The number of carbonyl (C=O) groups is 2. The fraction of sp³-hybridized carbons (Fsp3) is 0.360. The largest absolute Gasteiger partial charge is 0.326 e. The van der Waals surface area contributed by atoms with Gasteiger partial charge >= 0.3 is 0 Å². The van der Waals surface area contributed by atoms with Gasteiger partial charge in [0.1, 0.15) is 0 Å². The van der Waals surface area contributed by atoms with Crippen molar-refractivity contribution >= 4 is 33.6 Å². The SMILES string of the molecule is CC(=O)N1C=Cc2ccccc2[C@H]1CC(=O)Nc1cc(S(=O)(=O)N2CCCCC2)ccc1C. The standard InChI is InChI=1S/C25H29N3O4S/c1-18-10-11-21(33(31,32)27-13-6-3-7-14-27)16-23(18)26-25(30)17-24-22-9-5-4-8-20(22)12-15-28(24)19(2)29/h4-5,8-12,15-16,24H,3,6-7,13-14,17H2,1-2H3,(H,26,30)/t24-/m1/s1. The maximum Gasteiger partial charge on any atom is 0.243 e. The third-order valence-electron chi connectivity index (χ3n) is 6.28. The molecule has 2 aromatic rings. The van der Waals surface area contributed by atoms with E-state index >= 15 is 0 Å². The number of piperidine rings is 1. The Hall–Kier alpha value is -2.97. The van der Waals surface area contributed by atoms with Crippen LogP contribution in [0, 0.1) is 6.92 Å². The van der Waals surface area contributed by atoms with Crippen LogP contribution in [0.4, 0.5) is 5.69 Å². The first kappa shape index (κ1) is 23.2.